The second-order valence-electron chi connectivity index (χ2n) is 4.96. The molecule has 122 valence electrons. The van der Waals surface area contributed by atoms with E-state index in [0.29, 0.717) is 36.8 Å². The summed E-state index contributed by atoms with van der Waals surface area (Å²) in [5, 5.41) is 5.87. The number of halogens is 3. The molecule has 0 unspecified atom stereocenters. The smallest absolute Gasteiger partial charge is 0.381 e. The van der Waals surface area contributed by atoms with E-state index in [1.807, 2.05) is 0 Å². The summed E-state index contributed by atoms with van der Waals surface area (Å²) in [6.07, 6.45) is -3.37. The zero-order valence-corrected chi connectivity index (χ0v) is 11.7. The third kappa shape index (κ3) is 4.30. The third-order valence-electron chi connectivity index (χ3n) is 3.37. The van der Waals surface area contributed by atoms with E-state index in [4.69, 9.17) is 4.74 Å². The molecule has 1 aliphatic heterocycles. The van der Waals surface area contributed by atoms with Crippen LogP contribution in [0.1, 0.15) is 18.5 Å². The Balaban J connectivity index is 1.91. The van der Waals surface area contributed by atoms with E-state index in [2.05, 4.69) is 10.4 Å². The Hall–Kier alpha value is -1.90. The molecule has 0 saturated carbocycles. The predicted molar refractivity (Wildman–Crippen MR) is 70.1 cm³/mol. The number of amides is 1. The van der Waals surface area contributed by atoms with E-state index in [-0.39, 0.29) is 24.9 Å². The van der Waals surface area contributed by atoms with Crippen molar-refractivity contribution in [3.8, 4) is 0 Å². The van der Waals surface area contributed by atoms with E-state index in [0.717, 1.165) is 6.07 Å². The van der Waals surface area contributed by atoms with Gasteiger partial charge in [-0.2, -0.15) is 18.3 Å². The van der Waals surface area contributed by atoms with Gasteiger partial charge in [0.15, 0.2) is 5.69 Å². The van der Waals surface area contributed by atoms with Crippen LogP contribution in [0.15, 0.2) is 16.9 Å². The zero-order valence-electron chi connectivity index (χ0n) is 11.7. The lowest BCUT2D eigenvalue weighted by atomic mass is 9.99. The number of carbonyl (C=O) groups is 1. The van der Waals surface area contributed by atoms with Crippen LogP contribution in [0.5, 0.6) is 0 Å². The molecule has 1 amide bonds. The van der Waals surface area contributed by atoms with E-state index < -0.39 is 17.4 Å². The van der Waals surface area contributed by atoms with Crippen LogP contribution in [-0.2, 0) is 22.3 Å². The third-order valence-corrected chi connectivity index (χ3v) is 3.37. The van der Waals surface area contributed by atoms with Gasteiger partial charge in [-0.25, -0.2) is 4.68 Å². The Kier molecular flexibility index (Phi) is 5.17. The van der Waals surface area contributed by atoms with Crippen molar-refractivity contribution in [1.29, 1.82) is 0 Å². The highest BCUT2D eigenvalue weighted by atomic mass is 19.4. The van der Waals surface area contributed by atoms with Crippen molar-refractivity contribution < 1.29 is 22.7 Å². The maximum absolute atomic E-state index is 12.5. The van der Waals surface area contributed by atoms with Gasteiger partial charge in [0, 0.05) is 31.7 Å². The maximum Gasteiger partial charge on any atom is 0.435 e. The lowest BCUT2D eigenvalue weighted by Crippen LogP contribution is -2.37. The molecule has 0 atom stereocenters. The molecule has 6 nitrogen and oxygen atoms in total. The Morgan fingerprint density at radius 1 is 1.36 bits per heavy atom. The summed E-state index contributed by atoms with van der Waals surface area (Å²) >= 11 is 0. The second-order valence-corrected chi connectivity index (χ2v) is 4.96. The van der Waals surface area contributed by atoms with E-state index in [1.165, 1.54) is 0 Å². The molecule has 0 spiro atoms. The fraction of sp³-hybridized carbons (Fsp3) is 0.615. The number of alkyl halides is 3. The van der Waals surface area contributed by atoms with Gasteiger partial charge in [-0.05, 0) is 18.9 Å². The lowest BCUT2D eigenvalue weighted by Gasteiger charge is -2.21. The molecule has 0 aliphatic carbocycles. The van der Waals surface area contributed by atoms with Crippen molar-refractivity contribution in [3.05, 3.63) is 28.2 Å². The Bertz CT molecular complexity index is 580. The van der Waals surface area contributed by atoms with Crippen molar-refractivity contribution in [1.82, 2.24) is 15.1 Å². The number of hydrogen-bond acceptors (Lipinski definition) is 4. The van der Waals surface area contributed by atoms with Gasteiger partial charge in [0.05, 0.1) is 6.54 Å². The standard InChI is InChI=1S/C13H16F3N3O3/c14-13(15,16)10-1-2-11(20)19(18-10)6-5-17-12(21)9-3-7-22-8-4-9/h1-2,9H,3-8H2,(H,17,21). The molecular weight excluding hydrogens is 303 g/mol. The predicted octanol–water partition coefficient (Wildman–Crippen LogP) is 0.805. The van der Waals surface area contributed by atoms with Crippen molar-refractivity contribution in [2.24, 2.45) is 5.92 Å². The molecule has 0 bridgehead atoms. The molecule has 1 aliphatic rings. The van der Waals surface area contributed by atoms with Gasteiger partial charge >= 0.3 is 6.18 Å². The first-order valence-electron chi connectivity index (χ1n) is 6.89. The number of ether oxygens (including phenoxy) is 1. The van der Waals surface area contributed by atoms with E-state index in [9.17, 15) is 22.8 Å². The molecule has 9 heteroatoms. The largest absolute Gasteiger partial charge is 0.435 e. The van der Waals surface area contributed by atoms with Crippen LogP contribution in [0, 0.1) is 5.92 Å². The highest BCUT2D eigenvalue weighted by Crippen LogP contribution is 2.26. The van der Waals surface area contributed by atoms with Crippen LogP contribution in [-0.4, -0.2) is 35.4 Å². The molecule has 0 aromatic carbocycles. The molecule has 1 N–H and O–H groups in total. The minimum absolute atomic E-state index is 0.0460. The van der Waals surface area contributed by atoms with Gasteiger partial charge in [0.2, 0.25) is 5.91 Å². The minimum atomic E-state index is -4.61. The van der Waals surface area contributed by atoms with Gasteiger partial charge in [0.1, 0.15) is 0 Å². The first-order chi connectivity index (χ1) is 10.4. The van der Waals surface area contributed by atoms with Crippen LogP contribution in [0.2, 0.25) is 0 Å². The number of nitrogens with one attached hydrogen (secondary N) is 1. The van der Waals surface area contributed by atoms with Crippen molar-refractivity contribution in [2.75, 3.05) is 19.8 Å². The Labute approximate surface area is 124 Å². The molecule has 1 fully saturated rings. The van der Waals surface area contributed by atoms with Crippen molar-refractivity contribution >= 4 is 5.91 Å². The minimum Gasteiger partial charge on any atom is -0.381 e. The average molecular weight is 319 g/mol. The van der Waals surface area contributed by atoms with Crippen LogP contribution in [0.3, 0.4) is 0 Å². The first kappa shape index (κ1) is 16.5. The quantitative estimate of drug-likeness (QED) is 0.891. The summed E-state index contributed by atoms with van der Waals surface area (Å²) in [4.78, 5) is 23.3. The van der Waals surface area contributed by atoms with Crippen molar-refractivity contribution in [2.45, 2.75) is 25.6 Å². The number of nitrogens with zero attached hydrogens (tertiary/aromatic N) is 2. The van der Waals surface area contributed by atoms with Crippen molar-refractivity contribution in [3.63, 3.8) is 0 Å². The lowest BCUT2D eigenvalue weighted by molar-refractivity contribution is -0.142. The molecule has 2 rings (SSSR count). The number of aromatic nitrogens is 2. The SMILES string of the molecule is O=C(NCCn1nc(C(F)(F)F)ccc1=O)C1CCOCC1. The van der Waals surface area contributed by atoms with E-state index >= 15 is 0 Å². The Morgan fingerprint density at radius 2 is 2.05 bits per heavy atom. The van der Waals surface area contributed by atoms with Gasteiger partial charge in [-0.1, -0.05) is 0 Å². The molecule has 0 radical (unpaired) electrons. The summed E-state index contributed by atoms with van der Waals surface area (Å²) in [7, 11) is 0. The molecule has 22 heavy (non-hydrogen) atoms. The number of hydrogen-bond donors (Lipinski definition) is 1. The zero-order chi connectivity index (χ0) is 16.2. The monoisotopic (exact) mass is 319 g/mol. The average Bonchev–Trinajstić information content (AvgIpc) is 2.48. The fourth-order valence-electron chi connectivity index (χ4n) is 2.15. The number of carbonyl (C=O) groups excluding carboxylic acids is 1. The van der Waals surface area contributed by atoms with Gasteiger partial charge in [0.25, 0.3) is 5.56 Å². The molecule has 1 aromatic heterocycles. The topological polar surface area (TPSA) is 73.2 Å². The van der Waals surface area contributed by atoms with Crippen LogP contribution in [0.25, 0.3) is 0 Å². The van der Waals surface area contributed by atoms with Crippen LogP contribution < -0.4 is 10.9 Å². The number of rotatable bonds is 4. The summed E-state index contributed by atoms with van der Waals surface area (Å²) in [5.74, 6) is -0.330. The highest BCUT2D eigenvalue weighted by Gasteiger charge is 2.33. The summed E-state index contributed by atoms with van der Waals surface area (Å²) in [6.45, 7) is 0.974. The van der Waals surface area contributed by atoms with Gasteiger partial charge < -0.3 is 10.1 Å². The molecule has 2 heterocycles. The van der Waals surface area contributed by atoms with Crippen LogP contribution in [0.4, 0.5) is 13.2 Å². The first-order valence-corrected chi connectivity index (χ1v) is 6.89. The summed E-state index contributed by atoms with van der Waals surface area (Å²) < 4.78 is 43.4. The highest BCUT2D eigenvalue weighted by molar-refractivity contribution is 5.78. The Morgan fingerprint density at radius 3 is 2.68 bits per heavy atom. The van der Waals surface area contributed by atoms with Gasteiger partial charge in [-0.15, -0.1) is 0 Å². The summed E-state index contributed by atoms with van der Waals surface area (Å²) in [6, 6.07) is 1.45. The fourth-order valence-corrected chi connectivity index (χ4v) is 2.15. The van der Waals surface area contributed by atoms with Gasteiger partial charge in [-0.3, -0.25) is 9.59 Å². The maximum atomic E-state index is 12.5. The van der Waals surface area contributed by atoms with Crippen LogP contribution >= 0.6 is 0 Å². The van der Waals surface area contributed by atoms with E-state index in [1.54, 1.807) is 0 Å². The molecular formula is C13H16F3N3O3. The summed E-state index contributed by atoms with van der Waals surface area (Å²) in [5.41, 5.74) is -1.78. The molecule has 1 aromatic rings. The normalized spacial score (nSPS) is 16.5. The molecule has 1 saturated heterocycles. The second kappa shape index (κ2) is 6.91.